The highest BCUT2D eigenvalue weighted by molar-refractivity contribution is 5.92. The van der Waals surface area contributed by atoms with Gasteiger partial charge in [0.2, 0.25) is 0 Å². The van der Waals surface area contributed by atoms with Gasteiger partial charge in [-0.15, -0.1) is 0 Å². The summed E-state index contributed by atoms with van der Waals surface area (Å²) in [5.74, 6) is 0.915. The van der Waals surface area contributed by atoms with Crippen LogP contribution in [0.5, 0.6) is 0 Å². The molecule has 2 aromatic rings. The molecule has 1 aromatic carbocycles. The van der Waals surface area contributed by atoms with Gasteiger partial charge in [0.05, 0.1) is 0 Å². The Morgan fingerprint density at radius 1 is 1.31 bits per heavy atom. The summed E-state index contributed by atoms with van der Waals surface area (Å²) in [5, 5.41) is 3.02. The fraction of sp³-hybridized carbons (Fsp3) is 0.565. The molecule has 4 rings (SSSR count). The molecule has 0 aliphatic carbocycles. The molecule has 2 unspecified atom stereocenters. The molecular weight excluding hydrogens is 367 g/mol. The maximum absolute atomic E-state index is 13.5. The first kappa shape index (κ1) is 20.1. The molecule has 156 valence electrons. The predicted molar refractivity (Wildman–Crippen MR) is 112 cm³/mol. The van der Waals surface area contributed by atoms with Gasteiger partial charge in [-0.3, -0.25) is 4.79 Å². The number of likely N-dealkylation sites (tertiary alicyclic amines) is 1. The number of imidazole rings is 1. The second kappa shape index (κ2) is 9.08. The van der Waals surface area contributed by atoms with Crippen molar-refractivity contribution in [2.75, 3.05) is 19.6 Å². The summed E-state index contributed by atoms with van der Waals surface area (Å²) in [5.41, 5.74) is 1.51. The molecule has 1 amide bonds. The Kier molecular flexibility index (Phi) is 6.28. The Hall–Kier alpha value is -2.21. The lowest BCUT2D eigenvalue weighted by Gasteiger charge is -2.33. The van der Waals surface area contributed by atoms with Crippen molar-refractivity contribution in [3.63, 3.8) is 0 Å². The van der Waals surface area contributed by atoms with Gasteiger partial charge in [-0.25, -0.2) is 9.37 Å². The molecule has 3 heterocycles. The van der Waals surface area contributed by atoms with Crippen molar-refractivity contribution in [2.45, 2.75) is 64.0 Å². The largest absolute Gasteiger partial charge is 0.351 e. The summed E-state index contributed by atoms with van der Waals surface area (Å²) in [6.07, 6.45) is 8.45. The summed E-state index contributed by atoms with van der Waals surface area (Å²) in [7, 11) is 0. The number of hydrogen-bond donors (Lipinski definition) is 1. The highest BCUT2D eigenvalue weighted by Crippen LogP contribution is 2.29. The number of aromatic nitrogens is 2. The standard InChI is InChI=1S/C23H31FN4O/c1-17-6-2-3-12-27(17)13-5-11-25-23(29)21-16-28-15-19(9-10-22(28)26-21)18-7-4-8-20(24)14-18/h4,7-8,14,16-17,19H,2-3,5-6,9-13,15H2,1H3,(H,25,29). The molecule has 1 saturated heterocycles. The SMILES string of the molecule is CC1CCCCN1CCCNC(=O)c1cn2c(n1)CCC(c1cccc(F)c1)C2. The highest BCUT2D eigenvalue weighted by Gasteiger charge is 2.24. The van der Waals surface area contributed by atoms with Gasteiger partial charge in [-0.1, -0.05) is 18.6 Å². The van der Waals surface area contributed by atoms with Crippen molar-refractivity contribution in [3.8, 4) is 0 Å². The van der Waals surface area contributed by atoms with Crippen LogP contribution >= 0.6 is 0 Å². The number of amides is 1. The van der Waals surface area contributed by atoms with Gasteiger partial charge < -0.3 is 14.8 Å². The minimum Gasteiger partial charge on any atom is -0.351 e. The highest BCUT2D eigenvalue weighted by atomic mass is 19.1. The van der Waals surface area contributed by atoms with Gasteiger partial charge in [0.25, 0.3) is 5.91 Å². The van der Waals surface area contributed by atoms with E-state index in [0.717, 1.165) is 43.7 Å². The second-order valence-corrected chi connectivity index (χ2v) is 8.48. The minimum atomic E-state index is -0.196. The molecule has 2 atom stereocenters. The summed E-state index contributed by atoms with van der Waals surface area (Å²) in [4.78, 5) is 19.6. The van der Waals surface area contributed by atoms with Crippen LogP contribution in [0.1, 0.15) is 66.8 Å². The molecule has 1 fully saturated rings. The van der Waals surface area contributed by atoms with Crippen molar-refractivity contribution in [2.24, 2.45) is 0 Å². The number of nitrogens with one attached hydrogen (secondary N) is 1. The van der Waals surface area contributed by atoms with E-state index in [-0.39, 0.29) is 17.6 Å². The molecule has 0 spiro atoms. The van der Waals surface area contributed by atoms with Crippen molar-refractivity contribution < 1.29 is 9.18 Å². The topological polar surface area (TPSA) is 50.2 Å². The van der Waals surface area contributed by atoms with Crippen LogP contribution in [0.3, 0.4) is 0 Å². The summed E-state index contributed by atoms with van der Waals surface area (Å²) in [6.45, 7) is 5.93. The number of benzene rings is 1. The van der Waals surface area contributed by atoms with Crippen LogP contribution < -0.4 is 5.32 Å². The van der Waals surface area contributed by atoms with Gasteiger partial charge in [-0.05, 0) is 56.8 Å². The van der Waals surface area contributed by atoms with Crippen molar-refractivity contribution in [1.82, 2.24) is 19.8 Å². The fourth-order valence-corrected chi connectivity index (χ4v) is 4.65. The number of halogens is 1. The molecular formula is C23H31FN4O. The third-order valence-electron chi connectivity index (χ3n) is 6.39. The zero-order chi connectivity index (χ0) is 20.2. The third kappa shape index (κ3) is 4.86. The lowest BCUT2D eigenvalue weighted by molar-refractivity contribution is 0.0944. The first-order valence-corrected chi connectivity index (χ1v) is 10.9. The first-order chi connectivity index (χ1) is 14.1. The average Bonchev–Trinajstić information content (AvgIpc) is 3.16. The zero-order valence-corrected chi connectivity index (χ0v) is 17.2. The lowest BCUT2D eigenvalue weighted by Crippen LogP contribution is -2.39. The van der Waals surface area contributed by atoms with E-state index < -0.39 is 0 Å². The van der Waals surface area contributed by atoms with E-state index in [2.05, 4.69) is 26.7 Å². The third-order valence-corrected chi connectivity index (χ3v) is 6.39. The van der Waals surface area contributed by atoms with E-state index in [1.807, 2.05) is 12.3 Å². The van der Waals surface area contributed by atoms with Crippen molar-refractivity contribution in [3.05, 3.63) is 53.4 Å². The Morgan fingerprint density at radius 3 is 3.03 bits per heavy atom. The van der Waals surface area contributed by atoms with Crippen molar-refractivity contribution >= 4 is 5.91 Å². The molecule has 0 bridgehead atoms. The number of piperidine rings is 1. The van der Waals surface area contributed by atoms with Crippen LogP contribution in [0.4, 0.5) is 4.39 Å². The normalized spacial score (nSPS) is 22.3. The van der Waals surface area contributed by atoms with Gasteiger partial charge in [0.15, 0.2) is 0 Å². The summed E-state index contributed by atoms with van der Waals surface area (Å²) < 4.78 is 15.6. The number of carbonyl (C=O) groups is 1. The monoisotopic (exact) mass is 398 g/mol. The molecule has 0 saturated carbocycles. The van der Waals surface area contributed by atoms with Crippen LogP contribution in [-0.2, 0) is 13.0 Å². The van der Waals surface area contributed by atoms with E-state index in [0.29, 0.717) is 18.3 Å². The quantitative estimate of drug-likeness (QED) is 0.754. The number of carbonyl (C=O) groups excluding carboxylic acids is 1. The van der Waals surface area contributed by atoms with Crippen LogP contribution in [-0.4, -0.2) is 46.0 Å². The summed E-state index contributed by atoms with van der Waals surface area (Å²) in [6, 6.07) is 7.49. The number of fused-ring (bicyclic) bond motifs is 1. The molecule has 2 aliphatic rings. The molecule has 5 nitrogen and oxygen atoms in total. The molecule has 6 heteroatoms. The van der Waals surface area contributed by atoms with E-state index in [1.54, 1.807) is 12.1 Å². The number of nitrogens with zero attached hydrogens (tertiary/aromatic N) is 3. The Morgan fingerprint density at radius 2 is 2.21 bits per heavy atom. The maximum atomic E-state index is 13.5. The molecule has 1 aromatic heterocycles. The van der Waals surface area contributed by atoms with Gasteiger partial charge in [-0.2, -0.15) is 0 Å². The van der Waals surface area contributed by atoms with E-state index in [9.17, 15) is 9.18 Å². The number of hydrogen-bond acceptors (Lipinski definition) is 3. The zero-order valence-electron chi connectivity index (χ0n) is 17.2. The predicted octanol–water partition coefficient (Wildman–Crippen LogP) is 3.75. The van der Waals surface area contributed by atoms with Gasteiger partial charge in [0.1, 0.15) is 17.3 Å². The lowest BCUT2D eigenvalue weighted by atomic mass is 9.91. The Labute approximate surface area is 172 Å². The Bertz CT molecular complexity index is 849. The van der Waals surface area contributed by atoms with Crippen LogP contribution in [0.15, 0.2) is 30.5 Å². The molecule has 1 N–H and O–H groups in total. The number of aryl methyl sites for hydroxylation is 1. The van der Waals surface area contributed by atoms with Gasteiger partial charge in [0, 0.05) is 44.2 Å². The van der Waals surface area contributed by atoms with E-state index in [4.69, 9.17) is 0 Å². The van der Waals surface area contributed by atoms with Gasteiger partial charge >= 0.3 is 0 Å². The summed E-state index contributed by atoms with van der Waals surface area (Å²) >= 11 is 0. The average molecular weight is 399 g/mol. The smallest absolute Gasteiger partial charge is 0.271 e. The minimum absolute atomic E-state index is 0.0964. The van der Waals surface area contributed by atoms with Crippen LogP contribution in [0.25, 0.3) is 0 Å². The van der Waals surface area contributed by atoms with E-state index >= 15 is 0 Å². The van der Waals surface area contributed by atoms with E-state index in [1.165, 1.54) is 31.9 Å². The molecule has 0 radical (unpaired) electrons. The number of rotatable bonds is 6. The Balaban J connectivity index is 1.29. The first-order valence-electron chi connectivity index (χ1n) is 10.9. The second-order valence-electron chi connectivity index (χ2n) is 8.48. The molecule has 2 aliphatic heterocycles. The van der Waals surface area contributed by atoms with Crippen LogP contribution in [0, 0.1) is 5.82 Å². The van der Waals surface area contributed by atoms with Crippen LogP contribution in [0.2, 0.25) is 0 Å². The maximum Gasteiger partial charge on any atom is 0.271 e. The molecule has 29 heavy (non-hydrogen) atoms. The fourth-order valence-electron chi connectivity index (χ4n) is 4.65. The van der Waals surface area contributed by atoms with Crippen molar-refractivity contribution in [1.29, 1.82) is 0 Å².